The number of benzene rings is 2. The maximum atomic E-state index is 13.6. The normalized spacial score (nSPS) is 16.6. The molecule has 1 heterocycles. The third-order valence-electron chi connectivity index (χ3n) is 6.46. The molecular weight excluding hydrogens is 456 g/mol. The lowest BCUT2D eigenvalue weighted by Gasteiger charge is -2.28. The second-order valence-electron chi connectivity index (χ2n) is 9.21. The number of methoxy groups -OCH3 is 1. The smallest absolute Gasteiger partial charge is 0.242 e. The van der Waals surface area contributed by atoms with Crippen LogP contribution in [0.5, 0.6) is 0 Å². The zero-order chi connectivity index (χ0) is 24.6. The van der Waals surface area contributed by atoms with Crippen molar-refractivity contribution in [2.45, 2.75) is 38.8 Å². The van der Waals surface area contributed by atoms with Gasteiger partial charge in [-0.05, 0) is 48.9 Å². The quantitative estimate of drug-likeness (QED) is 0.326. The average Bonchev–Trinajstić information content (AvgIpc) is 3.58. The van der Waals surface area contributed by atoms with Gasteiger partial charge in [0, 0.05) is 42.5 Å². The van der Waals surface area contributed by atoms with Crippen molar-refractivity contribution in [2.24, 2.45) is 5.92 Å². The van der Waals surface area contributed by atoms with Crippen molar-refractivity contribution in [1.82, 2.24) is 9.80 Å². The van der Waals surface area contributed by atoms with Gasteiger partial charge in [0.2, 0.25) is 11.8 Å². The Kier molecular flexibility index (Phi) is 8.72. The van der Waals surface area contributed by atoms with Crippen LogP contribution < -0.4 is 0 Å². The molecule has 0 unspecified atom stereocenters. The molecule has 1 aliphatic rings. The van der Waals surface area contributed by atoms with E-state index in [1.54, 1.807) is 23.3 Å². The fourth-order valence-electron chi connectivity index (χ4n) is 4.50. The molecule has 0 aliphatic heterocycles. The Morgan fingerprint density at radius 1 is 0.943 bits per heavy atom. The highest BCUT2D eigenvalue weighted by Crippen LogP contribution is 2.48. The standard InChI is InChI=1S/C29H34N2O3S/c1-22-14-15-25(35-22)20-31(19-23-10-5-3-6-11-23)28(32)21-30(16-9-17-34-2)29(33)27-18-26(27)24-12-7-4-8-13-24/h3-8,10-15,26-27H,9,16-21H2,1-2H3/t26-,27+/m0/s1. The summed E-state index contributed by atoms with van der Waals surface area (Å²) in [6.45, 7) is 4.32. The molecule has 0 bridgehead atoms. The van der Waals surface area contributed by atoms with Crippen molar-refractivity contribution in [3.05, 3.63) is 93.7 Å². The molecule has 0 N–H and O–H groups in total. The fraction of sp³-hybridized carbons (Fsp3) is 0.379. The van der Waals surface area contributed by atoms with Crippen molar-refractivity contribution in [3.63, 3.8) is 0 Å². The van der Waals surface area contributed by atoms with Gasteiger partial charge in [0.05, 0.1) is 13.1 Å². The second kappa shape index (κ2) is 12.1. The highest BCUT2D eigenvalue weighted by Gasteiger charge is 2.46. The van der Waals surface area contributed by atoms with Gasteiger partial charge < -0.3 is 14.5 Å². The lowest BCUT2D eigenvalue weighted by Crippen LogP contribution is -2.43. The van der Waals surface area contributed by atoms with E-state index in [1.165, 1.54) is 10.4 Å². The predicted octanol–water partition coefficient (Wildman–Crippen LogP) is 5.25. The number of nitrogens with zero attached hydrogens (tertiary/aromatic N) is 2. The number of amides is 2. The van der Waals surface area contributed by atoms with E-state index >= 15 is 0 Å². The van der Waals surface area contributed by atoms with Gasteiger partial charge >= 0.3 is 0 Å². The second-order valence-corrected chi connectivity index (χ2v) is 10.6. The van der Waals surface area contributed by atoms with E-state index in [0.29, 0.717) is 32.7 Å². The molecule has 0 spiro atoms. The summed E-state index contributed by atoms with van der Waals surface area (Å²) in [7, 11) is 1.66. The third kappa shape index (κ3) is 7.03. The van der Waals surface area contributed by atoms with E-state index in [4.69, 9.17) is 4.74 Å². The molecule has 4 rings (SSSR count). The van der Waals surface area contributed by atoms with Crippen LogP contribution in [0, 0.1) is 12.8 Å². The molecule has 0 radical (unpaired) electrons. The van der Waals surface area contributed by atoms with Gasteiger partial charge in [0.1, 0.15) is 0 Å². The SMILES string of the molecule is COCCCN(CC(=O)N(Cc1ccccc1)Cc1ccc(C)s1)C(=O)[C@@H]1C[C@H]1c1ccccc1. The molecule has 1 saturated carbocycles. The zero-order valence-corrected chi connectivity index (χ0v) is 21.4. The van der Waals surface area contributed by atoms with Crippen molar-refractivity contribution in [1.29, 1.82) is 0 Å². The van der Waals surface area contributed by atoms with Crippen LogP contribution in [0.3, 0.4) is 0 Å². The summed E-state index contributed by atoms with van der Waals surface area (Å²) in [6, 6.07) is 24.4. The lowest BCUT2D eigenvalue weighted by atomic mass is 10.1. The average molecular weight is 491 g/mol. The molecular formula is C29H34N2O3S. The molecule has 5 nitrogen and oxygen atoms in total. The summed E-state index contributed by atoms with van der Waals surface area (Å²) in [5, 5.41) is 0. The Hall–Kier alpha value is -2.96. The van der Waals surface area contributed by atoms with Gasteiger partial charge in [0.25, 0.3) is 0 Å². The first-order valence-corrected chi connectivity index (χ1v) is 13.1. The van der Waals surface area contributed by atoms with E-state index in [-0.39, 0.29) is 30.2 Å². The molecule has 1 aliphatic carbocycles. The first-order valence-electron chi connectivity index (χ1n) is 12.2. The Balaban J connectivity index is 1.47. The van der Waals surface area contributed by atoms with Crippen molar-refractivity contribution >= 4 is 23.2 Å². The van der Waals surface area contributed by atoms with Crippen molar-refractivity contribution in [3.8, 4) is 0 Å². The summed E-state index contributed by atoms with van der Waals surface area (Å²) in [5.74, 6) is 0.256. The van der Waals surface area contributed by atoms with Crippen LogP contribution in [0.25, 0.3) is 0 Å². The number of hydrogen-bond donors (Lipinski definition) is 0. The molecule has 184 valence electrons. The molecule has 6 heteroatoms. The van der Waals surface area contributed by atoms with Crippen LogP contribution >= 0.6 is 11.3 Å². The minimum Gasteiger partial charge on any atom is -0.385 e. The highest BCUT2D eigenvalue weighted by molar-refractivity contribution is 7.11. The van der Waals surface area contributed by atoms with Crippen LogP contribution in [-0.2, 0) is 27.4 Å². The summed E-state index contributed by atoms with van der Waals surface area (Å²) < 4.78 is 5.22. The molecule has 3 aromatic rings. The summed E-state index contributed by atoms with van der Waals surface area (Å²) in [5.41, 5.74) is 2.28. The van der Waals surface area contributed by atoms with E-state index in [2.05, 4.69) is 31.2 Å². The molecule has 2 amide bonds. The predicted molar refractivity (Wildman–Crippen MR) is 140 cm³/mol. The number of thiophene rings is 1. The first-order chi connectivity index (χ1) is 17.0. The number of rotatable bonds is 12. The Labute approximate surface area is 212 Å². The minimum absolute atomic E-state index is 0.0254. The summed E-state index contributed by atoms with van der Waals surface area (Å²) >= 11 is 1.71. The zero-order valence-electron chi connectivity index (χ0n) is 20.6. The highest BCUT2D eigenvalue weighted by atomic mass is 32.1. The number of hydrogen-bond acceptors (Lipinski definition) is 4. The first kappa shape index (κ1) is 25.1. The summed E-state index contributed by atoms with van der Waals surface area (Å²) in [6.07, 6.45) is 1.56. The van der Waals surface area contributed by atoms with Crippen molar-refractivity contribution in [2.75, 3.05) is 26.8 Å². The molecule has 0 saturated heterocycles. The van der Waals surface area contributed by atoms with E-state index in [9.17, 15) is 9.59 Å². The van der Waals surface area contributed by atoms with Crippen LogP contribution in [0.2, 0.25) is 0 Å². The maximum Gasteiger partial charge on any atom is 0.242 e. The number of carbonyl (C=O) groups excluding carboxylic acids is 2. The molecule has 2 atom stereocenters. The number of ether oxygens (including phenoxy) is 1. The Bertz CT molecular complexity index is 1100. The van der Waals surface area contributed by atoms with Crippen LogP contribution in [-0.4, -0.2) is 48.4 Å². The summed E-state index contributed by atoms with van der Waals surface area (Å²) in [4.78, 5) is 33.1. The van der Waals surface area contributed by atoms with E-state index in [1.807, 2.05) is 53.4 Å². The molecule has 35 heavy (non-hydrogen) atoms. The molecule has 1 fully saturated rings. The topological polar surface area (TPSA) is 49.9 Å². The third-order valence-corrected chi connectivity index (χ3v) is 7.45. The largest absolute Gasteiger partial charge is 0.385 e. The molecule has 1 aromatic heterocycles. The van der Waals surface area contributed by atoms with Gasteiger partial charge in [-0.25, -0.2) is 0 Å². The van der Waals surface area contributed by atoms with Gasteiger partial charge in [-0.1, -0.05) is 60.7 Å². The van der Waals surface area contributed by atoms with E-state index in [0.717, 1.165) is 16.9 Å². The Morgan fingerprint density at radius 2 is 1.66 bits per heavy atom. The van der Waals surface area contributed by atoms with Gasteiger partial charge in [-0.3, -0.25) is 9.59 Å². The van der Waals surface area contributed by atoms with E-state index < -0.39 is 0 Å². The fourth-order valence-corrected chi connectivity index (χ4v) is 5.40. The van der Waals surface area contributed by atoms with Gasteiger partial charge in [-0.15, -0.1) is 11.3 Å². The van der Waals surface area contributed by atoms with Crippen LogP contribution in [0.4, 0.5) is 0 Å². The lowest BCUT2D eigenvalue weighted by molar-refractivity contribution is -0.142. The van der Waals surface area contributed by atoms with Gasteiger partial charge in [-0.2, -0.15) is 0 Å². The minimum atomic E-state index is -0.0461. The maximum absolute atomic E-state index is 13.6. The van der Waals surface area contributed by atoms with Crippen LogP contribution in [0.1, 0.15) is 39.6 Å². The van der Waals surface area contributed by atoms with Crippen molar-refractivity contribution < 1.29 is 14.3 Å². The Morgan fingerprint density at radius 3 is 2.31 bits per heavy atom. The monoisotopic (exact) mass is 490 g/mol. The molecule has 2 aromatic carbocycles. The number of aryl methyl sites for hydroxylation is 1. The van der Waals surface area contributed by atoms with Crippen LogP contribution in [0.15, 0.2) is 72.8 Å². The number of carbonyl (C=O) groups is 2. The van der Waals surface area contributed by atoms with Gasteiger partial charge in [0.15, 0.2) is 0 Å².